The topological polar surface area (TPSA) is 116 Å². The highest BCUT2D eigenvalue weighted by Gasteiger charge is 2.22. The molecule has 0 saturated carbocycles. The smallest absolute Gasteiger partial charge is 0.357 e. The number of esters is 1. The Morgan fingerprint density at radius 3 is 2.75 bits per heavy atom. The SMILES string of the molecule is COC(=O)c1nc(NC(=O)Cn2nc(-c3ccco3)ccc2=O)sc1C(C)C. The molecule has 28 heavy (non-hydrogen) atoms. The summed E-state index contributed by atoms with van der Waals surface area (Å²) in [4.78, 5) is 41.1. The number of carbonyl (C=O) groups excluding carboxylic acids is 2. The van der Waals surface area contributed by atoms with Gasteiger partial charge >= 0.3 is 5.97 Å². The summed E-state index contributed by atoms with van der Waals surface area (Å²) in [5, 5.41) is 7.01. The van der Waals surface area contributed by atoms with Gasteiger partial charge < -0.3 is 14.5 Å². The fraction of sp³-hybridized carbons (Fsp3) is 0.278. The van der Waals surface area contributed by atoms with Gasteiger partial charge in [0.1, 0.15) is 12.2 Å². The van der Waals surface area contributed by atoms with Crippen molar-refractivity contribution in [1.29, 1.82) is 0 Å². The molecule has 3 heterocycles. The van der Waals surface area contributed by atoms with Gasteiger partial charge in [-0.05, 0) is 24.1 Å². The second-order valence-corrected chi connectivity index (χ2v) is 7.15. The highest BCUT2D eigenvalue weighted by molar-refractivity contribution is 7.16. The van der Waals surface area contributed by atoms with Crippen LogP contribution < -0.4 is 10.9 Å². The third-order valence-electron chi connectivity index (χ3n) is 3.74. The Labute approximate surface area is 164 Å². The van der Waals surface area contributed by atoms with Crippen LogP contribution in [0.1, 0.15) is 35.1 Å². The van der Waals surface area contributed by atoms with Crippen LogP contribution in [-0.4, -0.2) is 33.8 Å². The third kappa shape index (κ3) is 4.17. The predicted molar refractivity (Wildman–Crippen MR) is 102 cm³/mol. The maximum Gasteiger partial charge on any atom is 0.357 e. The van der Waals surface area contributed by atoms with Gasteiger partial charge in [-0.15, -0.1) is 11.3 Å². The Morgan fingerprint density at radius 2 is 2.11 bits per heavy atom. The van der Waals surface area contributed by atoms with Gasteiger partial charge in [0.05, 0.1) is 13.4 Å². The molecular formula is C18H18N4O5S. The molecule has 3 rings (SSSR count). The molecule has 3 aromatic heterocycles. The molecule has 0 saturated heterocycles. The lowest BCUT2D eigenvalue weighted by molar-refractivity contribution is -0.117. The largest absolute Gasteiger partial charge is 0.464 e. The lowest BCUT2D eigenvalue weighted by Gasteiger charge is -2.05. The van der Waals surface area contributed by atoms with Crippen molar-refractivity contribution in [3.8, 4) is 11.5 Å². The summed E-state index contributed by atoms with van der Waals surface area (Å²) >= 11 is 1.19. The maximum atomic E-state index is 12.4. The number of hydrogen-bond acceptors (Lipinski definition) is 8. The fourth-order valence-electron chi connectivity index (χ4n) is 2.43. The van der Waals surface area contributed by atoms with Crippen LogP contribution >= 0.6 is 11.3 Å². The van der Waals surface area contributed by atoms with E-state index < -0.39 is 17.4 Å². The maximum absolute atomic E-state index is 12.4. The molecule has 1 N–H and O–H groups in total. The second kappa shape index (κ2) is 8.17. The number of carbonyl (C=O) groups is 2. The van der Waals surface area contributed by atoms with Gasteiger partial charge in [-0.2, -0.15) is 5.10 Å². The van der Waals surface area contributed by atoms with Crippen molar-refractivity contribution in [2.45, 2.75) is 26.3 Å². The van der Waals surface area contributed by atoms with E-state index >= 15 is 0 Å². The number of methoxy groups -OCH3 is 1. The number of aromatic nitrogens is 3. The van der Waals surface area contributed by atoms with Gasteiger partial charge in [-0.1, -0.05) is 13.8 Å². The third-order valence-corrected chi connectivity index (χ3v) is 5.01. The molecule has 0 unspecified atom stereocenters. The zero-order valence-corrected chi connectivity index (χ0v) is 16.3. The molecule has 0 aliphatic heterocycles. The summed E-state index contributed by atoms with van der Waals surface area (Å²) in [5.41, 5.74) is 0.178. The number of amides is 1. The molecule has 0 spiro atoms. The summed E-state index contributed by atoms with van der Waals surface area (Å²) < 4.78 is 11.0. The molecule has 0 bridgehead atoms. The average Bonchev–Trinajstić information content (AvgIpc) is 3.33. The van der Waals surface area contributed by atoms with E-state index in [1.165, 1.54) is 36.8 Å². The average molecular weight is 402 g/mol. The molecule has 0 fully saturated rings. The number of nitrogens with one attached hydrogen (secondary N) is 1. The molecular weight excluding hydrogens is 384 g/mol. The van der Waals surface area contributed by atoms with Crippen LogP contribution in [0.15, 0.2) is 39.7 Å². The van der Waals surface area contributed by atoms with E-state index in [-0.39, 0.29) is 23.3 Å². The summed E-state index contributed by atoms with van der Waals surface area (Å²) in [7, 11) is 1.27. The molecule has 0 aliphatic carbocycles. The van der Waals surface area contributed by atoms with E-state index in [0.717, 1.165) is 4.68 Å². The van der Waals surface area contributed by atoms with Crippen LogP contribution in [0.2, 0.25) is 0 Å². The van der Waals surface area contributed by atoms with E-state index in [1.54, 1.807) is 12.1 Å². The van der Waals surface area contributed by atoms with Gasteiger partial charge in [0, 0.05) is 10.9 Å². The zero-order valence-electron chi connectivity index (χ0n) is 15.5. The Kier molecular flexibility index (Phi) is 5.69. The Balaban J connectivity index is 1.79. The Morgan fingerprint density at radius 1 is 1.32 bits per heavy atom. The Hall–Kier alpha value is -3.27. The number of hydrogen-bond donors (Lipinski definition) is 1. The molecule has 9 nitrogen and oxygen atoms in total. The van der Waals surface area contributed by atoms with E-state index in [1.807, 2.05) is 13.8 Å². The Bertz CT molecular complexity index is 1050. The van der Waals surface area contributed by atoms with Gasteiger partial charge in [0.2, 0.25) is 5.91 Å². The van der Waals surface area contributed by atoms with Crippen LogP contribution in [0.4, 0.5) is 5.13 Å². The molecule has 0 atom stereocenters. The first kappa shape index (κ1) is 19.5. The highest BCUT2D eigenvalue weighted by atomic mass is 32.1. The fourth-order valence-corrected chi connectivity index (χ4v) is 3.40. The van der Waals surface area contributed by atoms with Gasteiger partial charge in [-0.25, -0.2) is 14.5 Å². The first-order valence-corrected chi connectivity index (χ1v) is 9.21. The minimum Gasteiger partial charge on any atom is -0.464 e. The van der Waals surface area contributed by atoms with Gasteiger partial charge in [-0.3, -0.25) is 9.59 Å². The molecule has 0 aromatic carbocycles. The van der Waals surface area contributed by atoms with Crippen LogP contribution in [0.25, 0.3) is 11.5 Å². The van der Waals surface area contributed by atoms with Gasteiger partial charge in [0.15, 0.2) is 16.6 Å². The van der Waals surface area contributed by atoms with Crippen molar-refractivity contribution in [2.75, 3.05) is 12.4 Å². The first-order valence-electron chi connectivity index (χ1n) is 8.40. The summed E-state index contributed by atoms with van der Waals surface area (Å²) in [5.74, 6) is -0.541. The number of thiazole rings is 1. The first-order chi connectivity index (χ1) is 13.4. The number of rotatable bonds is 6. The zero-order chi connectivity index (χ0) is 20.3. The van der Waals surface area contributed by atoms with Crippen LogP contribution in [0.5, 0.6) is 0 Å². The van der Waals surface area contributed by atoms with Gasteiger partial charge in [0.25, 0.3) is 5.56 Å². The van der Waals surface area contributed by atoms with E-state index in [0.29, 0.717) is 16.3 Å². The summed E-state index contributed by atoms with van der Waals surface area (Å²) in [6.45, 7) is 3.52. The number of ether oxygens (including phenoxy) is 1. The van der Waals surface area contributed by atoms with Crippen molar-refractivity contribution in [1.82, 2.24) is 14.8 Å². The normalized spacial score (nSPS) is 10.9. The summed E-state index contributed by atoms with van der Waals surface area (Å²) in [6, 6.07) is 6.24. The lowest BCUT2D eigenvalue weighted by Crippen LogP contribution is -2.29. The minimum atomic E-state index is -0.565. The van der Waals surface area contributed by atoms with Crippen molar-refractivity contribution in [3.63, 3.8) is 0 Å². The van der Waals surface area contributed by atoms with Crippen LogP contribution in [0, 0.1) is 0 Å². The van der Waals surface area contributed by atoms with Crippen molar-refractivity contribution >= 4 is 28.3 Å². The second-order valence-electron chi connectivity index (χ2n) is 6.12. The molecule has 0 aliphatic rings. The monoisotopic (exact) mass is 402 g/mol. The van der Waals surface area contributed by atoms with Crippen LogP contribution in [0.3, 0.4) is 0 Å². The standard InChI is InChI=1S/C18H18N4O5S/c1-10(2)16-15(17(25)26-3)20-18(28-16)19-13(23)9-22-14(24)7-6-11(21-22)12-5-4-8-27-12/h4-8,10H,9H2,1-3H3,(H,19,20,23). The predicted octanol–water partition coefficient (Wildman–Crippen LogP) is 2.51. The number of furan rings is 1. The molecule has 146 valence electrons. The molecule has 0 radical (unpaired) electrons. The quantitative estimate of drug-likeness (QED) is 0.630. The number of nitrogens with zero attached hydrogens (tertiary/aromatic N) is 3. The van der Waals surface area contributed by atoms with Crippen molar-refractivity contribution in [3.05, 3.63) is 51.5 Å². The molecule has 3 aromatic rings. The minimum absolute atomic E-state index is 0.0338. The molecule has 1 amide bonds. The van der Waals surface area contributed by atoms with Crippen LogP contribution in [-0.2, 0) is 16.1 Å². The molecule has 10 heteroatoms. The lowest BCUT2D eigenvalue weighted by atomic mass is 10.1. The van der Waals surface area contributed by atoms with Crippen molar-refractivity contribution < 1.29 is 18.7 Å². The van der Waals surface area contributed by atoms with E-state index in [4.69, 9.17) is 9.15 Å². The highest BCUT2D eigenvalue weighted by Crippen LogP contribution is 2.30. The van der Waals surface area contributed by atoms with E-state index in [9.17, 15) is 14.4 Å². The van der Waals surface area contributed by atoms with E-state index in [2.05, 4.69) is 15.4 Å². The summed E-state index contributed by atoms with van der Waals surface area (Å²) in [6.07, 6.45) is 1.49. The van der Waals surface area contributed by atoms with Crippen molar-refractivity contribution in [2.24, 2.45) is 0 Å². The number of anilines is 1.